The molecular weight excluding hydrogens is 476 g/mol. The van der Waals surface area contributed by atoms with E-state index in [-0.39, 0.29) is 11.9 Å². The van der Waals surface area contributed by atoms with Crippen molar-refractivity contribution in [3.63, 3.8) is 0 Å². The van der Waals surface area contributed by atoms with Gasteiger partial charge in [-0.2, -0.15) is 0 Å². The third-order valence-electron chi connectivity index (χ3n) is 7.21. The Morgan fingerprint density at radius 1 is 0.595 bits per heavy atom. The fourth-order valence-corrected chi connectivity index (χ4v) is 5.73. The van der Waals surface area contributed by atoms with E-state index in [2.05, 4.69) is 24.3 Å². The number of halogens is 1. The fraction of sp³-hybridized carbons (Fsp3) is 0.0882. The average Bonchev–Trinajstić information content (AvgIpc) is 3.30. The molecular formula is C34H25ClO2. The molecule has 5 aromatic carbocycles. The molecule has 0 saturated heterocycles. The summed E-state index contributed by atoms with van der Waals surface area (Å²) in [5, 5.41) is 0. The molecule has 180 valence electrons. The number of carbonyl (C=O) groups excluding carboxylic acids is 1. The maximum atomic E-state index is 13.1. The van der Waals surface area contributed by atoms with E-state index in [4.69, 9.17) is 16.3 Å². The third kappa shape index (κ3) is 4.14. The number of hydrogen-bond donors (Lipinski definition) is 0. The molecule has 2 nitrogen and oxygen atoms in total. The van der Waals surface area contributed by atoms with Gasteiger partial charge in [0, 0.05) is 5.92 Å². The first-order valence-electron chi connectivity index (χ1n) is 12.4. The summed E-state index contributed by atoms with van der Waals surface area (Å²) in [6.07, 6.45) is 0. The molecule has 0 fully saturated rings. The molecule has 0 radical (unpaired) electrons. The van der Waals surface area contributed by atoms with Gasteiger partial charge in [0.25, 0.3) is 0 Å². The summed E-state index contributed by atoms with van der Waals surface area (Å²) in [6.45, 7) is 0.294. The third-order valence-corrected chi connectivity index (χ3v) is 7.86. The van der Waals surface area contributed by atoms with E-state index in [0.29, 0.717) is 12.2 Å². The van der Waals surface area contributed by atoms with Crippen molar-refractivity contribution >= 4 is 17.6 Å². The molecule has 1 aliphatic rings. The van der Waals surface area contributed by atoms with Crippen LogP contribution in [0.15, 0.2) is 133 Å². The van der Waals surface area contributed by atoms with Gasteiger partial charge in [-0.1, -0.05) is 121 Å². The van der Waals surface area contributed by atoms with Gasteiger partial charge in [-0.05, 0) is 51.1 Å². The van der Waals surface area contributed by atoms with E-state index in [0.717, 1.165) is 16.7 Å². The van der Waals surface area contributed by atoms with Gasteiger partial charge in [0.1, 0.15) is 11.5 Å². The van der Waals surface area contributed by atoms with E-state index in [1.807, 2.05) is 97.1 Å². The van der Waals surface area contributed by atoms with Crippen LogP contribution in [0.25, 0.3) is 11.1 Å². The first-order chi connectivity index (χ1) is 18.2. The SMILES string of the molecule is O=C(OCC1c2ccccc2-c2ccccc21)c1ccc(C(Cl)(c2ccccc2)c2ccccc2)cc1. The highest BCUT2D eigenvalue weighted by molar-refractivity contribution is 6.28. The highest BCUT2D eigenvalue weighted by Gasteiger charge is 2.34. The summed E-state index contributed by atoms with van der Waals surface area (Å²) < 4.78 is 5.85. The smallest absolute Gasteiger partial charge is 0.338 e. The first kappa shape index (κ1) is 23.3. The van der Waals surface area contributed by atoms with Crippen molar-refractivity contribution in [1.29, 1.82) is 0 Å². The van der Waals surface area contributed by atoms with Gasteiger partial charge in [-0.3, -0.25) is 0 Å². The molecule has 0 aliphatic heterocycles. The number of benzene rings is 5. The standard InChI is InChI=1S/C34H25ClO2/c35-34(25-11-3-1-4-12-25,26-13-5-2-6-14-26)27-21-19-24(20-22-27)33(36)37-23-32-30-17-9-7-15-28(30)29-16-8-10-18-31(29)32/h1-22,32H,23H2. The summed E-state index contributed by atoms with van der Waals surface area (Å²) in [4.78, 5) is 12.2. The number of fused-ring (bicyclic) bond motifs is 3. The van der Waals surface area contributed by atoms with E-state index < -0.39 is 4.87 Å². The Morgan fingerprint density at radius 3 is 1.54 bits per heavy atom. The van der Waals surface area contributed by atoms with Crippen LogP contribution in [0.3, 0.4) is 0 Å². The van der Waals surface area contributed by atoms with Crippen molar-refractivity contribution < 1.29 is 9.53 Å². The highest BCUT2D eigenvalue weighted by Crippen LogP contribution is 2.45. The zero-order valence-corrected chi connectivity index (χ0v) is 20.9. The molecule has 0 saturated carbocycles. The van der Waals surface area contributed by atoms with Gasteiger partial charge in [0.2, 0.25) is 0 Å². The number of alkyl halides is 1. The van der Waals surface area contributed by atoms with Crippen molar-refractivity contribution in [1.82, 2.24) is 0 Å². The van der Waals surface area contributed by atoms with Gasteiger partial charge < -0.3 is 4.74 Å². The maximum Gasteiger partial charge on any atom is 0.338 e. The van der Waals surface area contributed by atoms with E-state index in [1.54, 1.807) is 12.1 Å². The summed E-state index contributed by atoms with van der Waals surface area (Å²) in [5.74, 6) is -0.310. The van der Waals surface area contributed by atoms with Crippen molar-refractivity contribution in [2.45, 2.75) is 10.8 Å². The van der Waals surface area contributed by atoms with Gasteiger partial charge in [0.15, 0.2) is 0 Å². The fourth-order valence-electron chi connectivity index (χ4n) is 5.35. The van der Waals surface area contributed by atoms with E-state index >= 15 is 0 Å². The molecule has 0 spiro atoms. The summed E-state index contributed by atoms with van der Waals surface area (Å²) in [5.41, 5.74) is 8.15. The quantitative estimate of drug-likeness (QED) is 0.133. The van der Waals surface area contributed by atoms with Crippen LogP contribution in [0.4, 0.5) is 0 Å². The summed E-state index contributed by atoms with van der Waals surface area (Å²) in [6, 6.07) is 44.1. The Hall–Kier alpha value is -4.14. The van der Waals surface area contributed by atoms with Crippen molar-refractivity contribution in [2.24, 2.45) is 0 Å². The van der Waals surface area contributed by atoms with E-state index in [9.17, 15) is 4.79 Å². The van der Waals surface area contributed by atoms with Crippen molar-refractivity contribution in [3.8, 4) is 11.1 Å². The molecule has 0 unspecified atom stereocenters. The number of carbonyl (C=O) groups is 1. The van der Waals surface area contributed by atoms with Crippen LogP contribution in [0.1, 0.15) is 44.1 Å². The number of rotatable bonds is 6. The molecule has 0 bridgehead atoms. The molecule has 0 aromatic heterocycles. The lowest BCUT2D eigenvalue weighted by Crippen LogP contribution is -2.22. The highest BCUT2D eigenvalue weighted by atomic mass is 35.5. The molecule has 3 heteroatoms. The Kier molecular flexibility index (Phi) is 6.12. The number of esters is 1. The number of hydrogen-bond acceptors (Lipinski definition) is 2. The second kappa shape index (κ2) is 9.72. The van der Waals surface area contributed by atoms with Crippen molar-refractivity contribution in [2.75, 3.05) is 6.61 Å². The normalized spacial score (nSPS) is 12.6. The van der Waals surface area contributed by atoms with Crippen LogP contribution in [-0.4, -0.2) is 12.6 Å². The molecule has 0 N–H and O–H groups in total. The minimum Gasteiger partial charge on any atom is -0.461 e. The minimum absolute atomic E-state index is 0.0299. The van der Waals surface area contributed by atoms with Gasteiger partial charge in [-0.15, -0.1) is 11.6 Å². The second-order valence-electron chi connectivity index (χ2n) is 9.29. The van der Waals surface area contributed by atoms with Crippen LogP contribution < -0.4 is 0 Å². The summed E-state index contributed by atoms with van der Waals surface area (Å²) in [7, 11) is 0. The lowest BCUT2D eigenvalue weighted by atomic mass is 9.84. The van der Waals surface area contributed by atoms with Gasteiger partial charge in [-0.25, -0.2) is 4.79 Å². The Morgan fingerprint density at radius 2 is 1.03 bits per heavy atom. The zero-order valence-electron chi connectivity index (χ0n) is 20.2. The maximum absolute atomic E-state index is 13.1. The molecule has 6 rings (SSSR count). The zero-order chi connectivity index (χ0) is 25.2. The second-order valence-corrected chi connectivity index (χ2v) is 9.86. The van der Waals surface area contributed by atoms with Crippen LogP contribution >= 0.6 is 11.6 Å². The number of ether oxygens (including phenoxy) is 1. The predicted octanol–water partition coefficient (Wildman–Crippen LogP) is 8.19. The average molecular weight is 501 g/mol. The minimum atomic E-state index is -0.873. The molecule has 0 amide bonds. The van der Waals surface area contributed by atoms with Crippen LogP contribution in [0, 0.1) is 0 Å². The Balaban J connectivity index is 1.25. The Labute approximate surface area is 222 Å². The molecule has 1 aliphatic carbocycles. The molecule has 5 aromatic rings. The molecule has 0 heterocycles. The van der Waals surface area contributed by atoms with Crippen LogP contribution in [0.5, 0.6) is 0 Å². The van der Waals surface area contributed by atoms with Crippen molar-refractivity contribution in [3.05, 3.63) is 167 Å². The lowest BCUT2D eigenvalue weighted by Gasteiger charge is -2.29. The topological polar surface area (TPSA) is 26.3 Å². The van der Waals surface area contributed by atoms with Gasteiger partial charge in [0.05, 0.1) is 5.56 Å². The monoisotopic (exact) mass is 500 g/mol. The predicted molar refractivity (Wildman–Crippen MR) is 149 cm³/mol. The van der Waals surface area contributed by atoms with Crippen LogP contribution in [0.2, 0.25) is 0 Å². The van der Waals surface area contributed by atoms with Crippen LogP contribution in [-0.2, 0) is 9.61 Å². The Bertz CT molecular complexity index is 1460. The first-order valence-corrected chi connectivity index (χ1v) is 12.8. The largest absolute Gasteiger partial charge is 0.461 e. The molecule has 0 atom stereocenters. The lowest BCUT2D eigenvalue weighted by molar-refractivity contribution is 0.0493. The summed E-state index contributed by atoms with van der Waals surface area (Å²) >= 11 is 7.37. The molecule has 37 heavy (non-hydrogen) atoms. The van der Waals surface area contributed by atoms with Gasteiger partial charge >= 0.3 is 5.97 Å². The van der Waals surface area contributed by atoms with E-state index in [1.165, 1.54) is 22.3 Å².